The number of unbranched alkanes of at least 4 members (excludes halogenated alkanes) is 2. The van der Waals surface area contributed by atoms with Gasteiger partial charge in [-0.25, -0.2) is 9.59 Å². The van der Waals surface area contributed by atoms with E-state index in [-0.39, 0.29) is 24.2 Å². The monoisotopic (exact) mass is 798 g/mol. The summed E-state index contributed by atoms with van der Waals surface area (Å²) in [5.41, 5.74) is 0.554. The Morgan fingerprint density at radius 3 is 1.09 bits per heavy atom. The van der Waals surface area contributed by atoms with Gasteiger partial charge in [0.2, 0.25) is 0 Å². The molecule has 4 aromatic rings. The van der Waals surface area contributed by atoms with Crippen molar-refractivity contribution in [3.63, 3.8) is 0 Å². The topological polar surface area (TPSA) is 184 Å². The molecule has 0 radical (unpaired) electrons. The van der Waals surface area contributed by atoms with Crippen molar-refractivity contribution in [1.29, 1.82) is 0 Å². The molecule has 0 saturated carbocycles. The van der Waals surface area contributed by atoms with Gasteiger partial charge in [0.1, 0.15) is 0 Å². The number of aromatic amines is 2. The van der Waals surface area contributed by atoms with E-state index in [1.54, 1.807) is 50.5 Å². The van der Waals surface area contributed by atoms with Crippen LogP contribution in [0, 0.1) is 13.8 Å². The average molecular weight is 799 g/mol. The number of hydrogen-bond acceptors (Lipinski definition) is 8. The number of carbonyl (C=O) groups excluding carboxylic acids is 4. The van der Waals surface area contributed by atoms with Crippen molar-refractivity contribution in [3.8, 4) is 0 Å². The lowest BCUT2D eigenvalue weighted by Crippen LogP contribution is -2.46. The Bertz CT molecular complexity index is 2300. The van der Waals surface area contributed by atoms with Gasteiger partial charge in [0, 0.05) is 95.6 Å². The lowest BCUT2D eigenvalue weighted by atomic mass is 9.86. The standard InChI is InChI=1S/C42H52N8O8/c1-27-25-45(41(57)43-35(27)51)17-7-9-21-49(3,4)23-11-19-47-37(53)29-13-15-31-34-32(16-14-30(33(29)34)38(47)54)40(56)48(39(31)55)20-12-24-50(5,6)22-10-8-18-46-26-28(2)36(52)44-42(46)58/h13-16,25-26H,7-12,17-24H2,1-6H3/p+2. The molecule has 2 aliphatic heterocycles. The van der Waals surface area contributed by atoms with E-state index in [0.29, 0.717) is 92.1 Å². The fraction of sp³-hybridized carbons (Fsp3) is 0.476. The number of aryl methyl sites for hydroxylation is 4. The number of carbonyl (C=O) groups is 4. The molecule has 0 spiro atoms. The molecule has 0 aliphatic carbocycles. The highest BCUT2D eigenvalue weighted by Gasteiger charge is 2.39. The summed E-state index contributed by atoms with van der Waals surface area (Å²) in [6.45, 7) is 7.76. The summed E-state index contributed by atoms with van der Waals surface area (Å²) in [4.78, 5) is 110. The number of hydrogen-bond donors (Lipinski definition) is 2. The van der Waals surface area contributed by atoms with E-state index in [9.17, 15) is 38.4 Å². The molecule has 6 rings (SSSR count). The van der Waals surface area contributed by atoms with Crippen LogP contribution in [0.1, 0.15) is 91.1 Å². The summed E-state index contributed by atoms with van der Waals surface area (Å²) >= 11 is 0. The molecule has 0 unspecified atom stereocenters. The Hall–Kier alpha value is -5.74. The van der Waals surface area contributed by atoms with Crippen LogP contribution in [0.25, 0.3) is 10.8 Å². The molecule has 2 aliphatic rings. The maximum absolute atomic E-state index is 13.8. The third-order valence-corrected chi connectivity index (χ3v) is 11.6. The molecule has 2 aromatic heterocycles. The molecule has 2 N–H and O–H groups in total. The van der Waals surface area contributed by atoms with Gasteiger partial charge < -0.3 is 18.1 Å². The highest BCUT2D eigenvalue weighted by Crippen LogP contribution is 2.38. The zero-order valence-electron chi connectivity index (χ0n) is 34.3. The first-order chi connectivity index (χ1) is 27.4. The van der Waals surface area contributed by atoms with Gasteiger partial charge in [0.05, 0.1) is 54.4 Å². The van der Waals surface area contributed by atoms with Crippen LogP contribution in [0.3, 0.4) is 0 Å². The fourth-order valence-electron chi connectivity index (χ4n) is 8.13. The van der Waals surface area contributed by atoms with Gasteiger partial charge in [-0.3, -0.25) is 48.5 Å². The summed E-state index contributed by atoms with van der Waals surface area (Å²) in [6, 6.07) is 6.37. The van der Waals surface area contributed by atoms with Gasteiger partial charge in [0.15, 0.2) is 0 Å². The molecule has 0 fully saturated rings. The van der Waals surface area contributed by atoms with Gasteiger partial charge in [0.25, 0.3) is 34.7 Å². The maximum Gasteiger partial charge on any atom is 0.328 e. The van der Waals surface area contributed by atoms with Crippen molar-refractivity contribution in [2.75, 3.05) is 67.5 Å². The molecular weight excluding hydrogens is 745 g/mol. The first-order valence-electron chi connectivity index (χ1n) is 20.0. The molecule has 0 bridgehead atoms. The summed E-state index contributed by atoms with van der Waals surface area (Å²) in [7, 11) is 8.32. The van der Waals surface area contributed by atoms with Crippen molar-refractivity contribution in [3.05, 3.63) is 112 Å². The number of amides is 4. The molecular formula is C42H54N8O8+2. The number of quaternary nitrogens is 2. The number of imide groups is 2. The lowest BCUT2D eigenvalue weighted by Gasteiger charge is -2.34. The van der Waals surface area contributed by atoms with E-state index < -0.39 is 35.0 Å². The zero-order chi connectivity index (χ0) is 42.1. The van der Waals surface area contributed by atoms with E-state index in [4.69, 9.17) is 0 Å². The molecule has 58 heavy (non-hydrogen) atoms. The normalized spacial score (nSPS) is 14.3. The third kappa shape index (κ3) is 8.72. The van der Waals surface area contributed by atoms with Crippen molar-refractivity contribution >= 4 is 34.4 Å². The third-order valence-electron chi connectivity index (χ3n) is 11.6. The van der Waals surface area contributed by atoms with Crippen LogP contribution in [-0.2, 0) is 13.1 Å². The first kappa shape index (κ1) is 41.9. The second-order valence-electron chi connectivity index (χ2n) is 17.0. The van der Waals surface area contributed by atoms with Crippen LogP contribution in [0.2, 0.25) is 0 Å². The molecule has 0 atom stereocenters. The lowest BCUT2D eigenvalue weighted by molar-refractivity contribution is -0.890. The van der Waals surface area contributed by atoms with E-state index in [0.717, 1.165) is 38.8 Å². The Morgan fingerprint density at radius 1 is 0.448 bits per heavy atom. The van der Waals surface area contributed by atoms with Crippen LogP contribution < -0.4 is 22.5 Å². The largest absolute Gasteiger partial charge is 0.328 e. The number of H-pyrrole nitrogens is 2. The maximum atomic E-state index is 13.8. The molecule has 0 saturated heterocycles. The van der Waals surface area contributed by atoms with E-state index in [1.165, 1.54) is 18.9 Å². The SMILES string of the molecule is Cc1cn(CCCC[N+](C)(C)CCCN2C(=O)c3ccc4c5c(ccc(c35)C2=O)C(=O)N(CCC[N+](C)(C)CCCCn2cc(C)c(=O)[nH]c2=O)C4=O)c(=O)[nH]c1=O. The number of rotatable bonds is 18. The van der Waals surface area contributed by atoms with Gasteiger partial charge >= 0.3 is 11.4 Å². The summed E-state index contributed by atoms with van der Waals surface area (Å²) in [6.07, 6.45) is 7.44. The molecule has 16 nitrogen and oxygen atoms in total. The van der Waals surface area contributed by atoms with Crippen LogP contribution in [-0.4, -0.2) is 129 Å². The fourth-order valence-corrected chi connectivity index (χ4v) is 8.13. The number of nitrogens with one attached hydrogen (secondary N) is 2. The quantitative estimate of drug-likeness (QED) is 0.0873. The predicted octanol–water partition coefficient (Wildman–Crippen LogP) is 2.24. The van der Waals surface area contributed by atoms with E-state index in [1.807, 2.05) is 0 Å². The number of nitrogens with zero attached hydrogens (tertiary/aromatic N) is 6. The minimum Gasteiger partial charge on any atom is -0.328 e. The van der Waals surface area contributed by atoms with Crippen LogP contribution in [0.15, 0.2) is 55.8 Å². The second kappa shape index (κ2) is 16.6. The first-order valence-corrected chi connectivity index (χ1v) is 20.0. The zero-order valence-corrected chi connectivity index (χ0v) is 34.3. The van der Waals surface area contributed by atoms with Crippen LogP contribution in [0.5, 0.6) is 0 Å². The highest BCUT2D eigenvalue weighted by atomic mass is 16.2. The van der Waals surface area contributed by atoms with Crippen molar-refractivity contribution in [1.82, 2.24) is 28.9 Å². The molecule has 4 amide bonds. The van der Waals surface area contributed by atoms with Crippen LogP contribution in [0.4, 0.5) is 0 Å². The smallest absolute Gasteiger partial charge is 0.328 e. The summed E-state index contributed by atoms with van der Waals surface area (Å²) in [5, 5.41) is 0.708. The van der Waals surface area contributed by atoms with Crippen LogP contribution >= 0.6 is 0 Å². The molecule has 4 heterocycles. The molecule has 16 heteroatoms. The summed E-state index contributed by atoms with van der Waals surface area (Å²) in [5.74, 6) is -1.79. The minimum absolute atomic E-state index is 0.213. The molecule has 2 aromatic carbocycles. The Morgan fingerprint density at radius 2 is 0.759 bits per heavy atom. The van der Waals surface area contributed by atoms with Gasteiger partial charge in [-0.05, 0) is 63.8 Å². The Labute approximate surface area is 335 Å². The average Bonchev–Trinajstić information content (AvgIpc) is 3.16. The number of aromatic nitrogens is 4. The van der Waals surface area contributed by atoms with Crippen molar-refractivity contribution in [2.45, 2.75) is 65.5 Å². The predicted molar refractivity (Wildman–Crippen MR) is 218 cm³/mol. The van der Waals surface area contributed by atoms with Gasteiger partial charge in [-0.15, -0.1) is 0 Å². The van der Waals surface area contributed by atoms with Gasteiger partial charge in [-0.1, -0.05) is 0 Å². The van der Waals surface area contributed by atoms with Gasteiger partial charge in [-0.2, -0.15) is 0 Å². The Balaban J connectivity index is 1.03. The minimum atomic E-state index is -0.448. The second-order valence-corrected chi connectivity index (χ2v) is 17.0. The number of benzene rings is 2. The van der Waals surface area contributed by atoms with E-state index >= 15 is 0 Å². The summed E-state index contributed by atoms with van der Waals surface area (Å²) < 4.78 is 4.32. The van der Waals surface area contributed by atoms with E-state index in [2.05, 4.69) is 38.2 Å². The van der Waals surface area contributed by atoms with Crippen molar-refractivity contribution < 1.29 is 28.1 Å². The molecule has 308 valence electrons. The Kier molecular flexibility index (Phi) is 12.0. The highest BCUT2D eigenvalue weighted by molar-refractivity contribution is 6.33. The van der Waals surface area contributed by atoms with Crippen molar-refractivity contribution in [2.24, 2.45) is 0 Å².